The molecular weight excluding hydrogens is 213 g/mol. The van der Waals surface area contributed by atoms with Gasteiger partial charge in [0.15, 0.2) is 5.96 Å². The van der Waals surface area contributed by atoms with E-state index in [9.17, 15) is 0 Å². The van der Waals surface area contributed by atoms with Crippen LogP contribution in [0.1, 0.15) is 0 Å². The number of aromatic nitrogens is 2. The van der Waals surface area contributed by atoms with E-state index in [0.717, 1.165) is 35.8 Å². The van der Waals surface area contributed by atoms with Gasteiger partial charge in [0.05, 0.1) is 17.6 Å². The minimum atomic E-state index is 0.608. The molecule has 2 radical (unpaired) electrons. The van der Waals surface area contributed by atoms with E-state index in [-0.39, 0.29) is 0 Å². The lowest BCUT2D eigenvalue weighted by molar-refractivity contribution is 0.959. The number of rotatable bonds is 1. The minimum Gasteiger partial charge on any atom is -0.354 e. The Bertz CT molecular complexity index is 595. The maximum absolute atomic E-state index is 5.93. The molecule has 0 saturated heterocycles. The number of aliphatic imine (C=N–C) groups is 1. The molecule has 1 aliphatic rings. The fourth-order valence-electron chi connectivity index (χ4n) is 1.79. The van der Waals surface area contributed by atoms with Gasteiger partial charge in [-0.15, -0.1) is 0 Å². The molecule has 1 aliphatic heterocycles. The van der Waals surface area contributed by atoms with Crippen LogP contribution in [0.25, 0.3) is 11.0 Å². The molecule has 17 heavy (non-hydrogen) atoms. The number of benzene rings is 1. The van der Waals surface area contributed by atoms with Gasteiger partial charge in [0.2, 0.25) is 0 Å². The van der Waals surface area contributed by atoms with Crippen molar-refractivity contribution in [3.05, 3.63) is 24.5 Å². The molecule has 0 aliphatic carbocycles. The van der Waals surface area contributed by atoms with Gasteiger partial charge in [-0.25, -0.2) is 0 Å². The van der Waals surface area contributed by atoms with Crippen LogP contribution >= 0.6 is 0 Å². The summed E-state index contributed by atoms with van der Waals surface area (Å²) in [6, 6.07) is 3.74. The van der Waals surface area contributed by atoms with E-state index < -0.39 is 0 Å². The molecule has 0 saturated carbocycles. The third-order valence-electron chi connectivity index (χ3n) is 2.54. The first kappa shape index (κ1) is 10.1. The highest BCUT2D eigenvalue weighted by molar-refractivity contribution is 6.38. The Morgan fingerprint density at radius 2 is 2.12 bits per heavy atom. The van der Waals surface area contributed by atoms with Crippen LogP contribution in [0.3, 0.4) is 0 Å². The molecule has 0 fully saturated rings. The zero-order valence-electron chi connectivity index (χ0n) is 9.14. The van der Waals surface area contributed by atoms with Crippen LogP contribution in [-0.2, 0) is 0 Å². The highest BCUT2D eigenvalue weighted by Crippen LogP contribution is 2.12. The molecule has 0 atom stereocenters. The van der Waals surface area contributed by atoms with E-state index in [1.54, 1.807) is 12.4 Å². The highest BCUT2D eigenvalue weighted by atomic mass is 15.2. The number of hydrogen-bond acceptors (Lipinski definition) is 5. The molecule has 2 N–H and O–H groups in total. The SMILES string of the molecule is [B]c1cc(NC2=NCCN2)cc2nccnc12. The first-order valence-electron chi connectivity index (χ1n) is 5.38. The third-order valence-corrected chi connectivity index (χ3v) is 2.54. The standard InChI is InChI=1S/C11H10BN5/c12-8-5-7(17-11-15-3-4-16-11)6-9-10(8)14-2-1-13-9/h1-2,5-6H,3-4H2,(H2,15,16,17). The number of fused-ring (bicyclic) bond motifs is 1. The van der Waals surface area contributed by atoms with Crippen molar-refractivity contribution < 1.29 is 0 Å². The fraction of sp³-hybridized carbons (Fsp3) is 0.182. The average molecular weight is 223 g/mol. The zero-order valence-corrected chi connectivity index (χ0v) is 9.14. The molecule has 1 aromatic carbocycles. The summed E-state index contributed by atoms with van der Waals surface area (Å²) in [6.45, 7) is 1.66. The number of nitrogens with zero attached hydrogens (tertiary/aromatic N) is 3. The maximum Gasteiger partial charge on any atom is 0.195 e. The van der Waals surface area contributed by atoms with Crippen molar-refractivity contribution >= 4 is 36.0 Å². The smallest absolute Gasteiger partial charge is 0.195 e. The second kappa shape index (κ2) is 4.05. The molecule has 6 heteroatoms. The van der Waals surface area contributed by atoms with Crippen LogP contribution in [0.15, 0.2) is 29.5 Å². The van der Waals surface area contributed by atoms with E-state index in [0.29, 0.717) is 5.46 Å². The highest BCUT2D eigenvalue weighted by Gasteiger charge is 2.07. The van der Waals surface area contributed by atoms with Gasteiger partial charge in [-0.3, -0.25) is 15.0 Å². The molecule has 2 aromatic rings. The third kappa shape index (κ3) is 1.93. The zero-order chi connectivity index (χ0) is 11.7. The Balaban J connectivity index is 2.00. The van der Waals surface area contributed by atoms with Crippen molar-refractivity contribution in [2.75, 3.05) is 18.4 Å². The first-order valence-corrected chi connectivity index (χ1v) is 5.38. The van der Waals surface area contributed by atoms with Gasteiger partial charge in [-0.2, -0.15) is 0 Å². The molecular formula is C11H10BN5. The van der Waals surface area contributed by atoms with Crippen molar-refractivity contribution in [3.63, 3.8) is 0 Å². The Morgan fingerprint density at radius 3 is 2.94 bits per heavy atom. The monoisotopic (exact) mass is 223 g/mol. The molecule has 1 aromatic heterocycles. The van der Waals surface area contributed by atoms with Gasteiger partial charge >= 0.3 is 0 Å². The average Bonchev–Trinajstić information content (AvgIpc) is 2.82. The molecule has 0 unspecified atom stereocenters. The summed E-state index contributed by atoms with van der Waals surface area (Å²) in [4.78, 5) is 12.7. The van der Waals surface area contributed by atoms with Crippen LogP contribution in [0, 0.1) is 0 Å². The van der Waals surface area contributed by atoms with Crippen molar-refractivity contribution in [3.8, 4) is 0 Å². The van der Waals surface area contributed by atoms with E-state index >= 15 is 0 Å². The van der Waals surface area contributed by atoms with Gasteiger partial charge in [0.25, 0.3) is 0 Å². The Hall–Kier alpha value is -2.11. The Kier molecular flexibility index (Phi) is 2.40. The van der Waals surface area contributed by atoms with E-state index in [4.69, 9.17) is 7.85 Å². The quantitative estimate of drug-likeness (QED) is 0.657. The van der Waals surface area contributed by atoms with Crippen LogP contribution in [0.4, 0.5) is 5.69 Å². The lowest BCUT2D eigenvalue weighted by atomic mass is 9.94. The summed E-state index contributed by atoms with van der Waals surface area (Å²) >= 11 is 0. The summed E-state index contributed by atoms with van der Waals surface area (Å²) in [7, 11) is 5.93. The molecule has 0 spiro atoms. The summed E-state index contributed by atoms with van der Waals surface area (Å²) in [5, 5.41) is 6.30. The second-order valence-corrected chi connectivity index (χ2v) is 3.77. The van der Waals surface area contributed by atoms with Gasteiger partial charge in [-0.1, -0.05) is 5.46 Å². The Morgan fingerprint density at radius 1 is 1.24 bits per heavy atom. The molecule has 5 nitrogen and oxygen atoms in total. The number of anilines is 1. The lowest BCUT2D eigenvalue weighted by Gasteiger charge is -2.09. The first-order chi connectivity index (χ1) is 8.33. The topological polar surface area (TPSA) is 62.2 Å². The van der Waals surface area contributed by atoms with Crippen molar-refractivity contribution in [1.29, 1.82) is 0 Å². The molecule has 2 heterocycles. The van der Waals surface area contributed by atoms with Crippen molar-refractivity contribution in [2.24, 2.45) is 4.99 Å². The van der Waals surface area contributed by atoms with Crippen LogP contribution in [0.5, 0.6) is 0 Å². The van der Waals surface area contributed by atoms with Crippen LogP contribution in [0.2, 0.25) is 0 Å². The van der Waals surface area contributed by atoms with E-state index in [2.05, 4.69) is 25.6 Å². The van der Waals surface area contributed by atoms with Crippen LogP contribution < -0.4 is 16.1 Å². The van der Waals surface area contributed by atoms with Crippen molar-refractivity contribution in [1.82, 2.24) is 15.3 Å². The van der Waals surface area contributed by atoms with E-state index in [1.165, 1.54) is 0 Å². The number of nitrogens with one attached hydrogen (secondary N) is 2. The number of guanidine groups is 1. The normalized spacial score (nSPS) is 14.5. The molecule has 3 rings (SSSR count). The fourth-order valence-corrected chi connectivity index (χ4v) is 1.79. The largest absolute Gasteiger partial charge is 0.354 e. The lowest BCUT2D eigenvalue weighted by Crippen LogP contribution is -2.26. The molecule has 0 amide bonds. The predicted octanol–water partition coefficient (Wildman–Crippen LogP) is -0.205. The second-order valence-electron chi connectivity index (χ2n) is 3.77. The van der Waals surface area contributed by atoms with Crippen molar-refractivity contribution in [2.45, 2.75) is 0 Å². The summed E-state index contributed by atoms with van der Waals surface area (Å²) in [5.41, 5.74) is 2.97. The summed E-state index contributed by atoms with van der Waals surface area (Å²) < 4.78 is 0. The number of hydrogen-bond donors (Lipinski definition) is 2. The van der Waals surface area contributed by atoms with Gasteiger partial charge in [-0.05, 0) is 12.1 Å². The van der Waals surface area contributed by atoms with Crippen LogP contribution in [-0.4, -0.2) is 36.9 Å². The van der Waals surface area contributed by atoms with Gasteiger partial charge in [0, 0.05) is 24.6 Å². The van der Waals surface area contributed by atoms with Gasteiger partial charge < -0.3 is 10.6 Å². The minimum absolute atomic E-state index is 0.608. The predicted molar refractivity (Wildman–Crippen MR) is 68.9 cm³/mol. The molecule has 0 bridgehead atoms. The van der Waals surface area contributed by atoms with E-state index in [1.807, 2.05) is 12.1 Å². The van der Waals surface area contributed by atoms with Gasteiger partial charge in [0.1, 0.15) is 7.85 Å². The molecule has 82 valence electrons. The Labute approximate surface area is 99.8 Å². The summed E-state index contributed by atoms with van der Waals surface area (Å²) in [5.74, 6) is 0.771. The summed E-state index contributed by atoms with van der Waals surface area (Å²) in [6.07, 6.45) is 3.28. The maximum atomic E-state index is 5.93.